The lowest BCUT2D eigenvalue weighted by atomic mass is 10.2. The van der Waals surface area contributed by atoms with Crippen molar-refractivity contribution in [3.05, 3.63) is 12.7 Å². The molecular weight excluding hydrogens is 236 g/mol. The van der Waals surface area contributed by atoms with E-state index in [0.717, 1.165) is 6.08 Å². The van der Waals surface area contributed by atoms with Gasteiger partial charge in [0.25, 0.3) is 0 Å². The quantitative estimate of drug-likeness (QED) is 0.380. The fraction of sp³-hybridized carbons (Fsp3) is 0.667. The second-order valence-corrected chi connectivity index (χ2v) is 4.43. The lowest BCUT2D eigenvalue weighted by molar-refractivity contribution is -0.147. The highest BCUT2D eigenvalue weighted by molar-refractivity contribution is 5.81. The van der Waals surface area contributed by atoms with Gasteiger partial charge in [0.15, 0.2) is 5.72 Å². The molecule has 1 heterocycles. The van der Waals surface area contributed by atoms with E-state index in [1.165, 1.54) is 0 Å². The predicted molar refractivity (Wildman–Crippen MR) is 65.5 cm³/mol. The first-order valence-corrected chi connectivity index (χ1v) is 5.97. The lowest BCUT2D eigenvalue weighted by Gasteiger charge is -2.13. The fourth-order valence-corrected chi connectivity index (χ4v) is 1.67. The van der Waals surface area contributed by atoms with Gasteiger partial charge >= 0.3 is 11.9 Å². The van der Waals surface area contributed by atoms with Crippen molar-refractivity contribution in [2.45, 2.75) is 44.5 Å². The first-order valence-electron chi connectivity index (χ1n) is 5.97. The first-order chi connectivity index (χ1) is 8.43. The van der Waals surface area contributed by atoms with Gasteiger partial charge in [0, 0.05) is 18.5 Å². The second kappa shape index (κ2) is 5.97. The zero-order valence-electron chi connectivity index (χ0n) is 10.8. The van der Waals surface area contributed by atoms with Crippen LogP contribution in [0.5, 0.6) is 0 Å². The molecule has 0 aliphatic carbocycles. The zero-order valence-corrected chi connectivity index (χ0v) is 10.8. The molecule has 3 atom stereocenters. The highest BCUT2D eigenvalue weighted by Gasteiger charge is 2.56. The van der Waals surface area contributed by atoms with Crippen molar-refractivity contribution in [2.24, 2.45) is 5.73 Å². The largest absolute Gasteiger partial charge is 0.464 e. The van der Waals surface area contributed by atoms with Crippen LogP contribution in [0.1, 0.15) is 26.7 Å². The Morgan fingerprint density at radius 1 is 1.61 bits per heavy atom. The van der Waals surface area contributed by atoms with Crippen LogP contribution in [0.3, 0.4) is 0 Å². The number of hydrogen-bond donors (Lipinski definition) is 2. The third kappa shape index (κ3) is 3.82. The van der Waals surface area contributed by atoms with Crippen molar-refractivity contribution in [3.63, 3.8) is 0 Å². The van der Waals surface area contributed by atoms with E-state index in [-0.39, 0.29) is 31.1 Å². The molecule has 0 aromatic rings. The third-order valence-corrected chi connectivity index (χ3v) is 2.77. The molecule has 6 nitrogen and oxygen atoms in total. The van der Waals surface area contributed by atoms with E-state index in [4.69, 9.17) is 15.2 Å². The van der Waals surface area contributed by atoms with Crippen LogP contribution in [-0.4, -0.2) is 36.4 Å². The molecule has 0 spiro atoms. The fourth-order valence-electron chi connectivity index (χ4n) is 1.67. The molecule has 0 saturated carbocycles. The molecule has 3 N–H and O–H groups in total. The molecule has 0 aromatic carbocycles. The molecule has 0 aromatic heterocycles. The monoisotopic (exact) mass is 256 g/mol. The van der Waals surface area contributed by atoms with Crippen LogP contribution < -0.4 is 11.1 Å². The summed E-state index contributed by atoms with van der Waals surface area (Å²) in [6.45, 7) is 7.12. The van der Waals surface area contributed by atoms with Gasteiger partial charge in [-0.25, -0.2) is 4.79 Å². The van der Waals surface area contributed by atoms with Gasteiger partial charge in [0.1, 0.15) is 6.61 Å². The van der Waals surface area contributed by atoms with Crippen molar-refractivity contribution < 1.29 is 19.1 Å². The molecule has 18 heavy (non-hydrogen) atoms. The molecular formula is C12H20N2O4. The summed E-state index contributed by atoms with van der Waals surface area (Å²) in [5.74, 6) is -0.840. The topological polar surface area (TPSA) is 101 Å². The standard InChI is InChI=1S/C12H20N2O4/c1-4-10(15)18-12(5-2)9(14-12)7-17-11(16)6-8(3)13/h4,8-9,14H,1,5-7,13H2,2-3H3. The minimum atomic E-state index is -0.722. The van der Waals surface area contributed by atoms with E-state index in [1.54, 1.807) is 6.92 Å². The maximum atomic E-state index is 11.3. The minimum absolute atomic E-state index is 0.163. The number of rotatable bonds is 7. The maximum absolute atomic E-state index is 11.3. The Labute approximate surface area is 106 Å². The molecule has 1 saturated heterocycles. The average Bonchev–Trinajstić information content (AvgIpc) is 2.99. The number of ether oxygens (including phenoxy) is 2. The molecule has 102 valence electrons. The Kier molecular flexibility index (Phi) is 4.86. The number of carbonyl (C=O) groups is 2. The van der Waals surface area contributed by atoms with Crippen molar-refractivity contribution in [3.8, 4) is 0 Å². The molecule has 1 aliphatic heterocycles. The summed E-state index contributed by atoms with van der Waals surface area (Å²) in [4.78, 5) is 22.5. The molecule has 1 rings (SSSR count). The van der Waals surface area contributed by atoms with Crippen molar-refractivity contribution in [1.29, 1.82) is 0 Å². The number of hydrogen-bond acceptors (Lipinski definition) is 6. The number of nitrogens with two attached hydrogens (primary N) is 1. The summed E-state index contributed by atoms with van der Waals surface area (Å²) < 4.78 is 10.2. The van der Waals surface area contributed by atoms with Crippen molar-refractivity contribution >= 4 is 11.9 Å². The van der Waals surface area contributed by atoms with E-state index < -0.39 is 11.7 Å². The molecule has 1 aliphatic rings. The van der Waals surface area contributed by atoms with Gasteiger partial charge in [-0.05, 0) is 6.92 Å². The Morgan fingerprint density at radius 2 is 2.28 bits per heavy atom. The average molecular weight is 256 g/mol. The highest BCUT2D eigenvalue weighted by Crippen LogP contribution is 2.32. The van der Waals surface area contributed by atoms with E-state index in [0.29, 0.717) is 6.42 Å². The number of carbonyl (C=O) groups excluding carboxylic acids is 2. The summed E-state index contributed by atoms with van der Waals surface area (Å²) in [6, 6.07) is -0.386. The normalized spacial score (nSPS) is 27.2. The van der Waals surface area contributed by atoms with Gasteiger partial charge in [0.05, 0.1) is 12.5 Å². The zero-order chi connectivity index (χ0) is 13.8. The Balaban J connectivity index is 2.35. The Hall–Kier alpha value is -1.40. The van der Waals surface area contributed by atoms with Gasteiger partial charge in [-0.3, -0.25) is 10.1 Å². The summed E-state index contributed by atoms with van der Waals surface area (Å²) >= 11 is 0. The summed E-state index contributed by atoms with van der Waals surface area (Å²) in [6.07, 6.45) is 1.89. The Bertz CT molecular complexity index is 343. The summed E-state index contributed by atoms with van der Waals surface area (Å²) in [5, 5.41) is 3.01. The van der Waals surface area contributed by atoms with Crippen LogP contribution in [0.15, 0.2) is 12.7 Å². The molecule has 6 heteroatoms. The van der Waals surface area contributed by atoms with E-state index in [9.17, 15) is 9.59 Å². The van der Waals surface area contributed by atoms with Crippen molar-refractivity contribution in [2.75, 3.05) is 6.61 Å². The SMILES string of the molecule is C=CC(=O)OC1(CC)NC1COC(=O)CC(C)N. The number of nitrogens with one attached hydrogen (secondary N) is 1. The van der Waals surface area contributed by atoms with Gasteiger partial charge in [0.2, 0.25) is 0 Å². The minimum Gasteiger partial charge on any atom is -0.464 e. The summed E-state index contributed by atoms with van der Waals surface area (Å²) in [5.41, 5.74) is 4.76. The number of esters is 2. The Morgan fingerprint density at radius 3 is 2.78 bits per heavy atom. The highest BCUT2D eigenvalue weighted by atomic mass is 16.6. The van der Waals surface area contributed by atoms with Crippen LogP contribution in [0.4, 0.5) is 0 Å². The maximum Gasteiger partial charge on any atom is 0.331 e. The van der Waals surface area contributed by atoms with E-state index in [1.807, 2.05) is 6.92 Å². The first kappa shape index (κ1) is 14.7. The molecule has 0 bridgehead atoms. The second-order valence-electron chi connectivity index (χ2n) is 4.43. The van der Waals surface area contributed by atoms with E-state index >= 15 is 0 Å². The van der Waals surface area contributed by atoms with Gasteiger partial charge in [-0.2, -0.15) is 0 Å². The van der Waals surface area contributed by atoms with Crippen molar-refractivity contribution in [1.82, 2.24) is 5.32 Å². The molecule has 1 fully saturated rings. The predicted octanol–water partition coefficient (Wildman–Crippen LogP) is 0.0742. The van der Waals surface area contributed by atoms with Crippen LogP contribution >= 0.6 is 0 Å². The van der Waals surface area contributed by atoms with Crippen LogP contribution in [0, 0.1) is 0 Å². The molecule has 3 unspecified atom stereocenters. The third-order valence-electron chi connectivity index (χ3n) is 2.77. The summed E-state index contributed by atoms with van der Waals surface area (Å²) in [7, 11) is 0. The lowest BCUT2D eigenvalue weighted by Crippen LogP contribution is -2.27. The van der Waals surface area contributed by atoms with Gasteiger partial charge in [-0.15, -0.1) is 0 Å². The van der Waals surface area contributed by atoms with Crippen LogP contribution in [0.25, 0.3) is 0 Å². The molecule has 0 amide bonds. The van der Waals surface area contributed by atoms with Gasteiger partial charge < -0.3 is 15.2 Å². The van der Waals surface area contributed by atoms with Crippen LogP contribution in [-0.2, 0) is 19.1 Å². The molecule has 0 radical (unpaired) electrons. The smallest absolute Gasteiger partial charge is 0.331 e. The van der Waals surface area contributed by atoms with Crippen LogP contribution in [0.2, 0.25) is 0 Å². The van der Waals surface area contributed by atoms with E-state index in [2.05, 4.69) is 11.9 Å². The van der Waals surface area contributed by atoms with Gasteiger partial charge in [-0.1, -0.05) is 13.5 Å².